The van der Waals surface area contributed by atoms with Gasteiger partial charge in [0.25, 0.3) is 0 Å². The molecule has 3 rings (SSSR count). The minimum atomic E-state index is -0.000181. The third-order valence-electron chi connectivity index (χ3n) is 4.08. The molecule has 1 aromatic heterocycles. The number of rotatable bonds is 7. The number of para-hydroxylation sites is 1. The van der Waals surface area contributed by atoms with Gasteiger partial charge in [0.1, 0.15) is 0 Å². The molecule has 140 valence electrons. The number of hydrogen-bond donors (Lipinski definition) is 1. The largest absolute Gasteiger partial charge is 0.349 e. The summed E-state index contributed by atoms with van der Waals surface area (Å²) in [4.78, 5) is 12.4. The quantitative estimate of drug-likeness (QED) is 0.418. The van der Waals surface area contributed by atoms with Crippen LogP contribution in [0, 0.1) is 10.9 Å². The lowest BCUT2D eigenvalue weighted by atomic mass is 10.0. The van der Waals surface area contributed by atoms with Crippen LogP contribution in [0.25, 0.3) is 5.69 Å². The van der Waals surface area contributed by atoms with Gasteiger partial charge in [-0.25, -0.2) is 4.68 Å². The van der Waals surface area contributed by atoms with Gasteiger partial charge in [0.2, 0.25) is 5.91 Å². The predicted octanol–water partition coefficient (Wildman–Crippen LogP) is 5.33. The molecule has 0 radical (unpaired) electrons. The highest BCUT2D eigenvalue weighted by molar-refractivity contribution is 8.01. The fourth-order valence-corrected chi connectivity index (χ4v) is 4.81. The standard InChI is InChI=1S/C20H21N3OS3/c1-3-17(15-11-9-14(2)10-12-15)21-18(24)13-26-19-22-23(20(25)27-19)16-7-5-4-6-8-16/h4-12,17H,3,13H2,1-2H3,(H,21,24)/t17-/m0/s1. The predicted molar refractivity (Wildman–Crippen MR) is 115 cm³/mol. The van der Waals surface area contributed by atoms with Gasteiger partial charge in [-0.2, -0.15) is 0 Å². The maximum atomic E-state index is 12.4. The SMILES string of the molecule is CC[C@H](NC(=O)CSc1nn(-c2ccccc2)c(=S)s1)c1ccc(C)cc1. The molecule has 0 saturated carbocycles. The normalized spacial score (nSPS) is 11.9. The van der Waals surface area contributed by atoms with Gasteiger partial charge in [0, 0.05) is 0 Å². The zero-order valence-corrected chi connectivity index (χ0v) is 17.7. The summed E-state index contributed by atoms with van der Waals surface area (Å²) in [5.41, 5.74) is 3.27. The highest BCUT2D eigenvalue weighted by atomic mass is 32.2. The van der Waals surface area contributed by atoms with Crippen molar-refractivity contribution in [2.75, 3.05) is 5.75 Å². The first-order valence-electron chi connectivity index (χ1n) is 8.71. The van der Waals surface area contributed by atoms with Gasteiger partial charge >= 0.3 is 0 Å². The summed E-state index contributed by atoms with van der Waals surface area (Å²) >= 11 is 8.24. The van der Waals surface area contributed by atoms with Crippen LogP contribution in [0.4, 0.5) is 0 Å². The maximum Gasteiger partial charge on any atom is 0.230 e. The molecule has 0 spiro atoms. The van der Waals surface area contributed by atoms with Crippen molar-refractivity contribution >= 4 is 41.2 Å². The van der Waals surface area contributed by atoms with Crippen molar-refractivity contribution in [3.8, 4) is 5.69 Å². The third-order valence-corrected chi connectivity index (χ3v) is 6.45. The van der Waals surface area contributed by atoms with Crippen molar-refractivity contribution in [2.24, 2.45) is 0 Å². The Bertz CT molecular complexity index is 949. The molecule has 0 aliphatic rings. The summed E-state index contributed by atoms with van der Waals surface area (Å²) in [6.07, 6.45) is 0.848. The average Bonchev–Trinajstić information content (AvgIpc) is 3.06. The number of thioether (sulfide) groups is 1. The van der Waals surface area contributed by atoms with Crippen LogP contribution in [0.15, 0.2) is 58.9 Å². The molecule has 0 fully saturated rings. The van der Waals surface area contributed by atoms with Crippen molar-refractivity contribution in [1.82, 2.24) is 15.1 Å². The lowest BCUT2D eigenvalue weighted by molar-refractivity contribution is -0.119. The van der Waals surface area contributed by atoms with Gasteiger partial charge in [-0.05, 0) is 43.3 Å². The van der Waals surface area contributed by atoms with E-state index in [1.54, 1.807) is 4.68 Å². The van der Waals surface area contributed by atoms with Gasteiger partial charge in [-0.1, -0.05) is 78.1 Å². The zero-order valence-electron chi connectivity index (χ0n) is 15.2. The first-order chi connectivity index (χ1) is 13.1. The second-order valence-electron chi connectivity index (χ2n) is 6.11. The number of amides is 1. The van der Waals surface area contributed by atoms with Crippen LogP contribution < -0.4 is 5.32 Å². The molecule has 0 aliphatic heterocycles. The Balaban J connectivity index is 1.60. The Morgan fingerprint density at radius 3 is 2.59 bits per heavy atom. The maximum absolute atomic E-state index is 12.4. The topological polar surface area (TPSA) is 46.9 Å². The fourth-order valence-electron chi connectivity index (χ4n) is 2.63. The van der Waals surface area contributed by atoms with Gasteiger partial charge < -0.3 is 5.32 Å². The minimum Gasteiger partial charge on any atom is -0.349 e. The molecule has 0 saturated heterocycles. The Morgan fingerprint density at radius 1 is 1.22 bits per heavy atom. The van der Waals surface area contributed by atoms with E-state index in [0.29, 0.717) is 9.71 Å². The second kappa shape index (κ2) is 9.30. The number of benzene rings is 2. The average molecular weight is 416 g/mol. The van der Waals surface area contributed by atoms with Crippen molar-refractivity contribution in [1.29, 1.82) is 0 Å². The Morgan fingerprint density at radius 2 is 1.93 bits per heavy atom. The fraction of sp³-hybridized carbons (Fsp3) is 0.250. The summed E-state index contributed by atoms with van der Waals surface area (Å²) in [5, 5.41) is 7.64. The first-order valence-corrected chi connectivity index (χ1v) is 10.9. The molecule has 4 nitrogen and oxygen atoms in total. The smallest absolute Gasteiger partial charge is 0.230 e. The van der Waals surface area contributed by atoms with Crippen LogP contribution in [-0.2, 0) is 4.79 Å². The van der Waals surface area contributed by atoms with E-state index < -0.39 is 0 Å². The number of carbonyl (C=O) groups is 1. The molecule has 1 amide bonds. The second-order valence-corrected chi connectivity index (χ2v) is 8.95. The van der Waals surface area contributed by atoms with E-state index >= 15 is 0 Å². The molecule has 1 heterocycles. The number of nitrogens with one attached hydrogen (secondary N) is 1. The highest BCUT2D eigenvalue weighted by Gasteiger charge is 2.14. The molecule has 0 unspecified atom stereocenters. The van der Waals surface area contributed by atoms with E-state index in [4.69, 9.17) is 12.2 Å². The Kier molecular flexibility index (Phi) is 6.82. The summed E-state index contributed by atoms with van der Waals surface area (Å²) in [6.45, 7) is 4.13. The first kappa shape index (κ1) is 19.8. The molecule has 1 atom stereocenters. The monoisotopic (exact) mass is 415 g/mol. The van der Waals surface area contributed by atoms with Crippen molar-refractivity contribution in [3.63, 3.8) is 0 Å². The molecule has 7 heteroatoms. The highest BCUT2D eigenvalue weighted by Crippen LogP contribution is 2.24. The van der Waals surface area contributed by atoms with Crippen LogP contribution in [0.5, 0.6) is 0 Å². The van der Waals surface area contributed by atoms with Crippen molar-refractivity contribution < 1.29 is 4.79 Å². The summed E-state index contributed by atoms with van der Waals surface area (Å²) in [7, 11) is 0. The molecule has 1 N–H and O–H groups in total. The number of aryl methyl sites for hydroxylation is 1. The molecular formula is C20H21N3OS3. The van der Waals surface area contributed by atoms with E-state index in [-0.39, 0.29) is 11.9 Å². The van der Waals surface area contributed by atoms with Crippen LogP contribution in [0.3, 0.4) is 0 Å². The Hall–Kier alpha value is -1.96. The van der Waals surface area contributed by atoms with Gasteiger partial charge in [-0.3, -0.25) is 4.79 Å². The Labute approximate surface area is 172 Å². The summed E-state index contributed by atoms with van der Waals surface area (Å²) in [5.74, 6) is 0.319. The molecule has 2 aromatic carbocycles. The molecule has 27 heavy (non-hydrogen) atoms. The van der Waals surface area contributed by atoms with Gasteiger partial charge in [0.05, 0.1) is 17.5 Å². The molecular weight excluding hydrogens is 394 g/mol. The lowest BCUT2D eigenvalue weighted by Crippen LogP contribution is -2.29. The number of aromatic nitrogens is 2. The van der Waals surface area contributed by atoms with Crippen LogP contribution >= 0.6 is 35.3 Å². The van der Waals surface area contributed by atoms with Gasteiger partial charge in [0.15, 0.2) is 8.29 Å². The lowest BCUT2D eigenvalue weighted by Gasteiger charge is -2.17. The van der Waals surface area contributed by atoms with E-state index in [2.05, 4.69) is 48.5 Å². The number of hydrogen-bond acceptors (Lipinski definition) is 5. The van der Waals surface area contributed by atoms with Crippen molar-refractivity contribution in [2.45, 2.75) is 30.6 Å². The molecule has 0 bridgehead atoms. The van der Waals surface area contributed by atoms with E-state index in [0.717, 1.165) is 22.0 Å². The van der Waals surface area contributed by atoms with E-state index in [1.807, 2.05) is 30.3 Å². The van der Waals surface area contributed by atoms with Crippen LogP contribution in [-0.4, -0.2) is 21.4 Å². The summed E-state index contributed by atoms with van der Waals surface area (Å²) < 4.78 is 3.21. The van der Waals surface area contributed by atoms with E-state index in [9.17, 15) is 4.79 Å². The number of carbonyl (C=O) groups excluding carboxylic acids is 1. The third kappa shape index (κ3) is 5.28. The molecule has 3 aromatic rings. The van der Waals surface area contributed by atoms with Crippen LogP contribution in [0.1, 0.15) is 30.5 Å². The molecule has 0 aliphatic carbocycles. The van der Waals surface area contributed by atoms with Crippen LogP contribution in [0.2, 0.25) is 0 Å². The van der Waals surface area contributed by atoms with Crippen molar-refractivity contribution in [3.05, 3.63) is 69.7 Å². The van der Waals surface area contributed by atoms with Gasteiger partial charge in [-0.15, -0.1) is 5.10 Å². The van der Waals surface area contributed by atoms with E-state index in [1.165, 1.54) is 28.7 Å². The minimum absolute atomic E-state index is 0.000181. The summed E-state index contributed by atoms with van der Waals surface area (Å²) in [6, 6.07) is 18.1. The number of nitrogens with zero attached hydrogens (tertiary/aromatic N) is 2. The zero-order chi connectivity index (χ0) is 19.2.